The summed E-state index contributed by atoms with van der Waals surface area (Å²) in [6.45, 7) is 8.18. The molecule has 6 nitrogen and oxygen atoms in total. The van der Waals surface area contributed by atoms with E-state index in [-0.39, 0.29) is 42.1 Å². The van der Waals surface area contributed by atoms with Gasteiger partial charge in [0.1, 0.15) is 0 Å². The van der Waals surface area contributed by atoms with Crippen LogP contribution in [0.4, 0.5) is 8.78 Å². The molecule has 0 radical (unpaired) electrons. The zero-order valence-electron chi connectivity index (χ0n) is 25.1. The van der Waals surface area contributed by atoms with E-state index < -0.39 is 36.8 Å². The Bertz CT molecular complexity index is 1040. The molecule has 2 aliphatic carbocycles. The number of hydrogen-bond acceptors (Lipinski definition) is 6. The maximum Gasteiger partial charge on any atom is 0.335 e. The van der Waals surface area contributed by atoms with Crippen LogP contribution in [0, 0.1) is 35.3 Å². The Hall–Kier alpha value is -2.58. The molecule has 3 rings (SSSR count). The predicted octanol–water partition coefficient (Wildman–Crippen LogP) is 6.58. The summed E-state index contributed by atoms with van der Waals surface area (Å²) >= 11 is 0. The quantitative estimate of drug-likeness (QED) is 0.136. The molecule has 2 N–H and O–H groups in total. The van der Waals surface area contributed by atoms with Crippen LogP contribution in [-0.4, -0.2) is 48.6 Å². The maximum atomic E-state index is 15.0. The van der Waals surface area contributed by atoms with Crippen LogP contribution in [-0.2, 0) is 25.5 Å². The molecular weight excluding hydrogens is 542 g/mol. The fourth-order valence-corrected chi connectivity index (χ4v) is 6.69. The van der Waals surface area contributed by atoms with Crippen molar-refractivity contribution < 1.29 is 38.1 Å². The number of aliphatic hydroxyl groups is 2. The van der Waals surface area contributed by atoms with Gasteiger partial charge in [0.05, 0.1) is 37.6 Å². The summed E-state index contributed by atoms with van der Waals surface area (Å²) in [6.07, 6.45) is 11.0. The highest BCUT2D eigenvalue weighted by atomic mass is 19.2. The monoisotopic (exact) mass is 590 g/mol. The van der Waals surface area contributed by atoms with Crippen molar-refractivity contribution >= 4 is 11.9 Å². The van der Waals surface area contributed by atoms with Gasteiger partial charge in [0.25, 0.3) is 0 Å². The van der Waals surface area contributed by atoms with Crippen molar-refractivity contribution in [3.63, 3.8) is 0 Å². The van der Waals surface area contributed by atoms with Gasteiger partial charge in [0.2, 0.25) is 0 Å². The Labute approximate surface area is 249 Å². The molecule has 42 heavy (non-hydrogen) atoms. The zero-order valence-corrected chi connectivity index (χ0v) is 25.1. The van der Waals surface area contributed by atoms with Gasteiger partial charge in [0, 0.05) is 5.92 Å². The molecule has 0 unspecified atom stereocenters. The molecule has 2 saturated carbocycles. The van der Waals surface area contributed by atoms with E-state index in [9.17, 15) is 14.0 Å². The number of benzene rings is 1. The van der Waals surface area contributed by atoms with Crippen LogP contribution in [0.3, 0.4) is 0 Å². The van der Waals surface area contributed by atoms with Crippen LogP contribution in [0.1, 0.15) is 94.6 Å². The van der Waals surface area contributed by atoms with Crippen molar-refractivity contribution in [2.24, 2.45) is 23.7 Å². The number of aryl methyl sites for hydroxylation is 1. The SMILES string of the molecule is C=C(CO)C(=O)OCC(COC(=O)C(=C)CO)C1CCC(C2CCC(c3ccc(CCCCC)c(F)c3F)CC2)CC1. The summed E-state index contributed by atoms with van der Waals surface area (Å²) in [5.74, 6) is -1.61. The second-order valence-corrected chi connectivity index (χ2v) is 12.2. The molecule has 1 aromatic rings. The van der Waals surface area contributed by atoms with Crippen LogP contribution in [0.15, 0.2) is 36.4 Å². The van der Waals surface area contributed by atoms with Crippen LogP contribution in [0.25, 0.3) is 0 Å². The van der Waals surface area contributed by atoms with Crippen molar-refractivity contribution in [1.29, 1.82) is 0 Å². The molecule has 2 aliphatic rings. The van der Waals surface area contributed by atoms with E-state index in [1.165, 1.54) is 0 Å². The van der Waals surface area contributed by atoms with Gasteiger partial charge in [-0.05, 0) is 99.0 Å². The number of hydrogen-bond donors (Lipinski definition) is 2. The molecule has 0 spiro atoms. The van der Waals surface area contributed by atoms with Crippen molar-refractivity contribution in [3.8, 4) is 0 Å². The zero-order chi connectivity index (χ0) is 30.6. The van der Waals surface area contributed by atoms with Gasteiger partial charge in [0.15, 0.2) is 11.6 Å². The third-order valence-electron chi connectivity index (χ3n) is 9.42. The number of carbonyl (C=O) groups excluding carboxylic acids is 2. The Morgan fingerprint density at radius 3 is 1.86 bits per heavy atom. The first kappa shape index (κ1) is 33.9. The third kappa shape index (κ3) is 9.21. The average molecular weight is 591 g/mol. The van der Waals surface area contributed by atoms with Crippen molar-refractivity contribution in [2.75, 3.05) is 26.4 Å². The molecule has 0 atom stereocenters. The summed E-state index contributed by atoms with van der Waals surface area (Å²) in [5, 5.41) is 18.3. The largest absolute Gasteiger partial charge is 0.462 e. The van der Waals surface area contributed by atoms with Gasteiger partial charge in [-0.2, -0.15) is 0 Å². The highest BCUT2D eigenvalue weighted by Gasteiger charge is 2.35. The molecule has 0 bridgehead atoms. The van der Waals surface area contributed by atoms with E-state index in [0.717, 1.165) is 70.6 Å². The molecule has 234 valence electrons. The van der Waals surface area contributed by atoms with Gasteiger partial charge in [-0.3, -0.25) is 0 Å². The lowest BCUT2D eigenvalue weighted by molar-refractivity contribution is -0.146. The number of ether oxygens (including phenoxy) is 2. The summed E-state index contributed by atoms with van der Waals surface area (Å²) < 4.78 is 40.5. The van der Waals surface area contributed by atoms with Gasteiger partial charge in [-0.25, -0.2) is 18.4 Å². The van der Waals surface area contributed by atoms with Crippen LogP contribution < -0.4 is 0 Å². The van der Waals surface area contributed by atoms with Crippen LogP contribution in [0.2, 0.25) is 0 Å². The lowest BCUT2D eigenvalue weighted by Gasteiger charge is -2.39. The van der Waals surface area contributed by atoms with E-state index in [0.29, 0.717) is 29.4 Å². The minimum absolute atomic E-state index is 0.0377. The number of esters is 2. The number of halogens is 2. The van der Waals surface area contributed by atoms with Crippen LogP contribution in [0.5, 0.6) is 0 Å². The van der Waals surface area contributed by atoms with Gasteiger partial charge < -0.3 is 19.7 Å². The summed E-state index contributed by atoms with van der Waals surface area (Å²) in [4.78, 5) is 24.1. The maximum absolute atomic E-state index is 15.0. The van der Waals surface area contributed by atoms with Crippen molar-refractivity contribution in [3.05, 3.63) is 59.2 Å². The van der Waals surface area contributed by atoms with E-state index in [4.69, 9.17) is 19.7 Å². The first-order chi connectivity index (χ1) is 20.2. The molecular formula is C34H48F2O6. The van der Waals surface area contributed by atoms with Gasteiger partial charge in [-0.15, -0.1) is 0 Å². The summed E-state index contributed by atoms with van der Waals surface area (Å²) in [6, 6.07) is 3.59. The minimum Gasteiger partial charge on any atom is -0.462 e. The highest BCUT2D eigenvalue weighted by molar-refractivity contribution is 5.88. The fraction of sp³-hybridized carbons (Fsp3) is 0.647. The number of unbranched alkanes of at least 4 members (excludes halogenated alkanes) is 2. The summed E-state index contributed by atoms with van der Waals surface area (Å²) in [5.41, 5.74) is 0.928. The van der Waals surface area contributed by atoms with Crippen molar-refractivity contribution in [2.45, 2.75) is 89.9 Å². The highest BCUT2D eigenvalue weighted by Crippen LogP contribution is 2.45. The third-order valence-corrected chi connectivity index (χ3v) is 9.42. The lowest BCUT2D eigenvalue weighted by atomic mass is 9.67. The van der Waals surface area contributed by atoms with Crippen molar-refractivity contribution in [1.82, 2.24) is 0 Å². The van der Waals surface area contributed by atoms with E-state index in [1.807, 2.05) is 0 Å². The van der Waals surface area contributed by atoms with Gasteiger partial charge >= 0.3 is 11.9 Å². The molecule has 0 amide bonds. The topological polar surface area (TPSA) is 93.1 Å². The number of carbonyl (C=O) groups is 2. The fourth-order valence-electron chi connectivity index (χ4n) is 6.69. The summed E-state index contributed by atoms with van der Waals surface area (Å²) in [7, 11) is 0. The Morgan fingerprint density at radius 2 is 1.36 bits per heavy atom. The van der Waals surface area contributed by atoms with Crippen LogP contribution >= 0.6 is 0 Å². The molecule has 2 fully saturated rings. The minimum atomic E-state index is -0.679. The smallest absolute Gasteiger partial charge is 0.335 e. The number of aliphatic hydroxyl groups excluding tert-OH is 2. The van der Waals surface area contributed by atoms with Gasteiger partial charge in [-0.1, -0.05) is 45.1 Å². The first-order valence-electron chi connectivity index (χ1n) is 15.6. The molecule has 0 saturated heterocycles. The second kappa shape index (κ2) is 16.9. The molecule has 0 aromatic heterocycles. The normalized spacial score (nSPS) is 22.5. The molecule has 0 heterocycles. The molecule has 1 aromatic carbocycles. The standard InChI is InChI=1S/C34H48F2O6/c1-4-5-6-7-28-16-17-30(32(36)31(28)35)27-14-12-25(13-15-27)24-8-10-26(11-9-24)29(20-41-33(39)22(2)18-37)21-42-34(40)23(3)19-38/h16-17,24-27,29,37-38H,2-15,18-21H2,1H3. The molecule has 8 heteroatoms. The van der Waals surface area contributed by atoms with E-state index in [2.05, 4.69) is 20.1 Å². The second-order valence-electron chi connectivity index (χ2n) is 12.2. The Kier molecular flexibility index (Phi) is 13.6. The Balaban J connectivity index is 1.53. The number of rotatable bonds is 15. The Morgan fingerprint density at radius 1 is 0.833 bits per heavy atom. The average Bonchev–Trinajstić information content (AvgIpc) is 3.02. The molecule has 0 aliphatic heterocycles. The van der Waals surface area contributed by atoms with E-state index in [1.54, 1.807) is 12.1 Å². The lowest BCUT2D eigenvalue weighted by Crippen LogP contribution is -2.33. The van der Waals surface area contributed by atoms with E-state index >= 15 is 4.39 Å². The first-order valence-corrected chi connectivity index (χ1v) is 15.6. The predicted molar refractivity (Wildman–Crippen MR) is 158 cm³/mol.